The summed E-state index contributed by atoms with van der Waals surface area (Å²) in [6.45, 7) is 2.54. The Morgan fingerprint density at radius 2 is 2.05 bits per heavy atom. The van der Waals surface area contributed by atoms with E-state index in [0.29, 0.717) is 19.0 Å². The molecule has 0 aliphatic carbocycles. The lowest BCUT2D eigenvalue weighted by Gasteiger charge is -2.16. The van der Waals surface area contributed by atoms with Crippen molar-refractivity contribution >= 4 is 11.9 Å². The van der Waals surface area contributed by atoms with Crippen LogP contribution in [0.1, 0.15) is 12.1 Å². The number of guanidine groups is 1. The Balaban J connectivity index is 1.78. The minimum absolute atomic E-state index is 0.0415. The van der Waals surface area contributed by atoms with Crippen molar-refractivity contribution in [3.8, 4) is 0 Å². The first-order valence-corrected chi connectivity index (χ1v) is 6.22. The van der Waals surface area contributed by atoms with E-state index in [-0.39, 0.29) is 5.95 Å². The number of aliphatic imine (C=N–C) groups is 1. The molecule has 6 nitrogen and oxygen atoms in total. The largest absolute Gasteiger partial charge is 0.433 e. The van der Waals surface area contributed by atoms with Crippen LogP contribution in [0, 0.1) is 0 Å². The SMILES string of the molecule is FC(F)(F)c1ccnc(NCCNC2=NCCCN2)n1. The van der Waals surface area contributed by atoms with Crippen LogP contribution in [0.2, 0.25) is 0 Å². The minimum Gasteiger partial charge on any atom is -0.356 e. The van der Waals surface area contributed by atoms with Crippen molar-refractivity contribution in [2.24, 2.45) is 4.99 Å². The molecule has 2 heterocycles. The molecule has 3 N–H and O–H groups in total. The van der Waals surface area contributed by atoms with Crippen LogP contribution in [0.15, 0.2) is 17.3 Å². The molecule has 0 atom stereocenters. The molecule has 0 bridgehead atoms. The predicted molar refractivity (Wildman–Crippen MR) is 68.4 cm³/mol. The zero-order valence-corrected chi connectivity index (χ0v) is 10.7. The van der Waals surface area contributed by atoms with Crippen molar-refractivity contribution in [1.29, 1.82) is 0 Å². The van der Waals surface area contributed by atoms with Crippen molar-refractivity contribution in [1.82, 2.24) is 20.6 Å². The van der Waals surface area contributed by atoms with Crippen LogP contribution in [0.4, 0.5) is 19.1 Å². The fourth-order valence-electron chi connectivity index (χ4n) is 1.61. The van der Waals surface area contributed by atoms with Crippen LogP contribution in [0.25, 0.3) is 0 Å². The monoisotopic (exact) mass is 288 g/mol. The van der Waals surface area contributed by atoms with Crippen LogP contribution in [-0.4, -0.2) is 42.1 Å². The molecule has 1 aromatic heterocycles. The summed E-state index contributed by atoms with van der Waals surface area (Å²) >= 11 is 0. The molecule has 1 aliphatic rings. The van der Waals surface area contributed by atoms with E-state index in [0.717, 1.165) is 31.8 Å². The van der Waals surface area contributed by atoms with E-state index < -0.39 is 11.9 Å². The lowest BCUT2D eigenvalue weighted by atomic mass is 10.4. The molecular weight excluding hydrogens is 273 g/mol. The first-order chi connectivity index (χ1) is 9.55. The molecule has 9 heteroatoms. The number of alkyl halides is 3. The zero-order chi connectivity index (χ0) is 14.4. The van der Waals surface area contributed by atoms with Gasteiger partial charge in [0, 0.05) is 32.4 Å². The highest BCUT2D eigenvalue weighted by molar-refractivity contribution is 5.80. The topological polar surface area (TPSA) is 74.2 Å². The van der Waals surface area contributed by atoms with E-state index in [1.54, 1.807) is 0 Å². The Kier molecular flexibility index (Phi) is 4.59. The molecule has 0 spiro atoms. The fourth-order valence-corrected chi connectivity index (χ4v) is 1.61. The second-order valence-corrected chi connectivity index (χ2v) is 4.13. The Labute approximate surface area is 113 Å². The highest BCUT2D eigenvalue weighted by Crippen LogP contribution is 2.27. The number of nitrogens with one attached hydrogen (secondary N) is 3. The molecule has 20 heavy (non-hydrogen) atoms. The van der Waals surface area contributed by atoms with E-state index in [1.165, 1.54) is 0 Å². The van der Waals surface area contributed by atoms with Gasteiger partial charge in [-0.1, -0.05) is 0 Å². The van der Waals surface area contributed by atoms with Crippen LogP contribution in [0.5, 0.6) is 0 Å². The number of halogens is 3. The van der Waals surface area contributed by atoms with Crippen LogP contribution in [-0.2, 0) is 6.18 Å². The van der Waals surface area contributed by atoms with Gasteiger partial charge in [0.25, 0.3) is 0 Å². The quantitative estimate of drug-likeness (QED) is 0.716. The average Bonchev–Trinajstić information content (AvgIpc) is 2.44. The van der Waals surface area contributed by atoms with Crippen LogP contribution < -0.4 is 16.0 Å². The van der Waals surface area contributed by atoms with Gasteiger partial charge in [0.1, 0.15) is 5.69 Å². The number of hydrogen-bond acceptors (Lipinski definition) is 6. The standard InChI is InChI=1S/C11H15F3N6/c12-11(13,14)8-2-5-17-10(20-8)19-7-6-18-9-15-3-1-4-16-9/h2,5H,1,3-4,6-7H2,(H2,15,16,18)(H,17,19,20). The zero-order valence-electron chi connectivity index (χ0n) is 10.7. The van der Waals surface area contributed by atoms with E-state index in [4.69, 9.17) is 0 Å². The highest BCUT2D eigenvalue weighted by Gasteiger charge is 2.32. The number of hydrogen-bond donors (Lipinski definition) is 3. The molecule has 0 aromatic carbocycles. The normalized spacial score (nSPS) is 15.2. The van der Waals surface area contributed by atoms with Gasteiger partial charge in [-0.3, -0.25) is 4.99 Å². The maximum atomic E-state index is 12.4. The van der Waals surface area contributed by atoms with Gasteiger partial charge >= 0.3 is 6.18 Å². The Morgan fingerprint density at radius 1 is 1.25 bits per heavy atom. The molecule has 110 valence electrons. The molecule has 0 saturated heterocycles. The number of aromatic nitrogens is 2. The first-order valence-electron chi connectivity index (χ1n) is 6.22. The molecule has 0 radical (unpaired) electrons. The molecule has 0 unspecified atom stereocenters. The van der Waals surface area contributed by atoms with Gasteiger partial charge < -0.3 is 16.0 Å². The summed E-state index contributed by atoms with van der Waals surface area (Å²) in [5.74, 6) is 0.670. The van der Waals surface area contributed by atoms with Gasteiger partial charge in [0.15, 0.2) is 5.96 Å². The molecule has 0 saturated carbocycles. The van der Waals surface area contributed by atoms with Gasteiger partial charge in [-0.15, -0.1) is 0 Å². The van der Waals surface area contributed by atoms with Gasteiger partial charge in [0.05, 0.1) is 0 Å². The summed E-state index contributed by atoms with van der Waals surface area (Å²) in [7, 11) is 0. The first kappa shape index (κ1) is 14.4. The Hall–Kier alpha value is -2.06. The van der Waals surface area contributed by atoms with Crippen molar-refractivity contribution in [2.45, 2.75) is 12.6 Å². The molecule has 1 aliphatic heterocycles. The summed E-state index contributed by atoms with van der Waals surface area (Å²) in [6, 6.07) is 0.837. The van der Waals surface area contributed by atoms with E-state index in [1.807, 2.05) is 0 Å². The molecule has 0 fully saturated rings. The van der Waals surface area contributed by atoms with Crippen LogP contribution >= 0.6 is 0 Å². The van der Waals surface area contributed by atoms with Crippen LogP contribution in [0.3, 0.4) is 0 Å². The second kappa shape index (κ2) is 6.40. The summed E-state index contributed by atoms with van der Waals surface area (Å²) in [6.07, 6.45) is -2.38. The molecule has 2 rings (SSSR count). The third-order valence-electron chi connectivity index (χ3n) is 2.54. The number of nitrogens with zero attached hydrogens (tertiary/aromatic N) is 3. The third-order valence-corrected chi connectivity index (χ3v) is 2.54. The summed E-state index contributed by atoms with van der Waals surface area (Å²) in [4.78, 5) is 11.4. The van der Waals surface area contributed by atoms with E-state index in [9.17, 15) is 13.2 Å². The van der Waals surface area contributed by atoms with Gasteiger partial charge in [-0.25, -0.2) is 9.97 Å². The second-order valence-electron chi connectivity index (χ2n) is 4.13. The lowest BCUT2D eigenvalue weighted by Crippen LogP contribution is -2.42. The van der Waals surface area contributed by atoms with E-state index in [2.05, 4.69) is 30.9 Å². The molecule has 0 amide bonds. The maximum absolute atomic E-state index is 12.4. The van der Waals surface area contributed by atoms with Gasteiger partial charge in [-0.05, 0) is 12.5 Å². The number of rotatable bonds is 4. The Bertz CT molecular complexity index is 473. The molecular formula is C11H15F3N6. The van der Waals surface area contributed by atoms with Gasteiger partial charge in [-0.2, -0.15) is 13.2 Å². The summed E-state index contributed by atoms with van der Waals surface area (Å²) in [5.41, 5.74) is -0.957. The number of anilines is 1. The average molecular weight is 288 g/mol. The van der Waals surface area contributed by atoms with E-state index >= 15 is 0 Å². The summed E-state index contributed by atoms with van der Waals surface area (Å²) in [5, 5.41) is 8.84. The highest BCUT2D eigenvalue weighted by atomic mass is 19.4. The lowest BCUT2D eigenvalue weighted by molar-refractivity contribution is -0.141. The van der Waals surface area contributed by atoms with Crippen molar-refractivity contribution in [3.63, 3.8) is 0 Å². The van der Waals surface area contributed by atoms with Crippen molar-refractivity contribution < 1.29 is 13.2 Å². The molecule has 1 aromatic rings. The summed E-state index contributed by atoms with van der Waals surface area (Å²) < 4.78 is 37.3. The third kappa shape index (κ3) is 4.25. The smallest absolute Gasteiger partial charge is 0.356 e. The van der Waals surface area contributed by atoms with Crippen molar-refractivity contribution in [2.75, 3.05) is 31.5 Å². The minimum atomic E-state index is -4.46. The Morgan fingerprint density at radius 3 is 2.75 bits per heavy atom. The fraction of sp³-hybridized carbons (Fsp3) is 0.545. The van der Waals surface area contributed by atoms with Gasteiger partial charge in [0.2, 0.25) is 5.95 Å². The van der Waals surface area contributed by atoms with Crippen molar-refractivity contribution in [3.05, 3.63) is 18.0 Å². The maximum Gasteiger partial charge on any atom is 0.433 e. The predicted octanol–water partition coefficient (Wildman–Crippen LogP) is 0.846.